The lowest BCUT2D eigenvalue weighted by Crippen LogP contribution is -2.46. The molecule has 1 unspecified atom stereocenters. The monoisotopic (exact) mass is 561 g/mol. The molecule has 0 aliphatic heterocycles. The fourth-order valence-corrected chi connectivity index (χ4v) is 5.42. The topological polar surface area (TPSA) is 117 Å². The van der Waals surface area contributed by atoms with Crippen LogP contribution in [0.5, 0.6) is 0 Å². The second-order valence-corrected chi connectivity index (χ2v) is 10.6. The number of rotatable bonds is 8. The minimum absolute atomic E-state index is 0.0859. The van der Waals surface area contributed by atoms with Crippen molar-refractivity contribution in [2.45, 2.75) is 51.1 Å². The minimum atomic E-state index is -0.874. The van der Waals surface area contributed by atoms with Crippen molar-refractivity contribution in [2.24, 2.45) is 0 Å². The first-order valence-corrected chi connectivity index (χ1v) is 14.3. The average Bonchev–Trinajstić information content (AvgIpc) is 3.00. The zero-order valence-electron chi connectivity index (χ0n) is 23.6. The first kappa shape index (κ1) is 28.5. The second-order valence-electron chi connectivity index (χ2n) is 10.6. The molecule has 8 heteroatoms. The highest BCUT2D eigenvalue weighted by Crippen LogP contribution is 2.31. The Labute approximate surface area is 245 Å². The molecule has 0 radical (unpaired) electrons. The maximum atomic E-state index is 13.9. The van der Waals surface area contributed by atoms with Crippen LogP contribution in [0.15, 0.2) is 91.1 Å². The van der Waals surface area contributed by atoms with Crippen molar-refractivity contribution in [3.63, 3.8) is 0 Å². The summed E-state index contributed by atoms with van der Waals surface area (Å²) in [6.45, 7) is 1.48. The van der Waals surface area contributed by atoms with Crippen molar-refractivity contribution in [1.82, 2.24) is 10.3 Å². The molecule has 1 aromatic heterocycles. The van der Waals surface area contributed by atoms with E-state index in [1.807, 2.05) is 54.6 Å². The van der Waals surface area contributed by atoms with Crippen LogP contribution in [-0.4, -0.2) is 28.7 Å². The molecule has 1 heterocycles. The van der Waals surface area contributed by atoms with Crippen LogP contribution in [0.1, 0.15) is 56.2 Å². The highest BCUT2D eigenvalue weighted by Gasteiger charge is 2.32. The van der Waals surface area contributed by atoms with E-state index in [1.165, 1.54) is 19.4 Å². The van der Waals surface area contributed by atoms with Gasteiger partial charge in [0.25, 0.3) is 0 Å². The van der Waals surface area contributed by atoms with Crippen molar-refractivity contribution in [2.75, 3.05) is 16.0 Å². The van der Waals surface area contributed by atoms with Crippen LogP contribution in [0.4, 0.5) is 17.1 Å². The van der Waals surface area contributed by atoms with Gasteiger partial charge in [0.05, 0.1) is 16.9 Å². The van der Waals surface area contributed by atoms with E-state index in [0.29, 0.717) is 22.6 Å². The molecule has 1 aliphatic rings. The number of carbonyl (C=O) groups is 3. The van der Waals surface area contributed by atoms with Gasteiger partial charge in [0, 0.05) is 36.3 Å². The number of benzene rings is 3. The number of para-hydroxylation sites is 2. The number of fused-ring (bicyclic) bond motifs is 1. The van der Waals surface area contributed by atoms with Gasteiger partial charge in [-0.1, -0.05) is 61.7 Å². The van der Waals surface area contributed by atoms with Crippen LogP contribution in [-0.2, 0) is 14.4 Å². The Bertz CT molecular complexity index is 1610. The summed E-state index contributed by atoms with van der Waals surface area (Å²) >= 11 is 0. The highest BCUT2D eigenvalue weighted by atomic mass is 16.2. The highest BCUT2D eigenvalue weighted by molar-refractivity contribution is 6.04. The number of nitrogens with two attached hydrogens (primary N) is 1. The van der Waals surface area contributed by atoms with Crippen LogP contribution in [0.3, 0.4) is 0 Å². The summed E-state index contributed by atoms with van der Waals surface area (Å²) in [6.07, 6.45) is 10.0. The van der Waals surface area contributed by atoms with Crippen molar-refractivity contribution >= 4 is 51.8 Å². The van der Waals surface area contributed by atoms with E-state index < -0.39 is 6.04 Å². The molecule has 214 valence electrons. The Balaban J connectivity index is 1.42. The Morgan fingerprint density at radius 3 is 2.45 bits per heavy atom. The van der Waals surface area contributed by atoms with Gasteiger partial charge in [-0.2, -0.15) is 0 Å². The molecular weight excluding hydrogens is 526 g/mol. The Kier molecular flexibility index (Phi) is 8.92. The number of hydrogen-bond donors (Lipinski definition) is 3. The van der Waals surface area contributed by atoms with Crippen LogP contribution in [0.25, 0.3) is 17.0 Å². The van der Waals surface area contributed by atoms with Gasteiger partial charge < -0.3 is 16.4 Å². The van der Waals surface area contributed by atoms with Crippen molar-refractivity contribution in [3.8, 4) is 0 Å². The fraction of sp³-hybridized carbons (Fsp3) is 0.235. The number of hydrogen-bond acceptors (Lipinski definition) is 5. The van der Waals surface area contributed by atoms with Gasteiger partial charge in [-0.3, -0.25) is 24.3 Å². The van der Waals surface area contributed by atoms with Gasteiger partial charge in [-0.15, -0.1) is 0 Å². The van der Waals surface area contributed by atoms with Crippen molar-refractivity contribution < 1.29 is 14.4 Å². The molecule has 1 atom stereocenters. The summed E-state index contributed by atoms with van der Waals surface area (Å²) in [5.41, 5.74) is 9.81. The number of aromatic nitrogens is 1. The number of nitrogens with one attached hydrogen (secondary N) is 2. The molecule has 5 rings (SSSR count). The Hall–Kier alpha value is -4.98. The number of amides is 3. The predicted molar refractivity (Wildman–Crippen MR) is 168 cm³/mol. The van der Waals surface area contributed by atoms with E-state index in [-0.39, 0.29) is 23.8 Å². The van der Waals surface area contributed by atoms with Gasteiger partial charge in [0.15, 0.2) is 0 Å². The van der Waals surface area contributed by atoms with Gasteiger partial charge in [0.2, 0.25) is 17.7 Å². The standard InChI is InChI=1S/C34H35N5O3/c1-23(40)39(28-18-19-30-26(22-28)8-7-21-36-30)33(34(42)37-27-9-3-2-4-10-27)25-16-13-24(14-17-25)15-20-32(41)38-31-12-6-5-11-29(31)35/h5-8,11-22,27,33H,2-4,9-10,35H2,1H3,(H,37,42)(H,38,41). The third-order valence-electron chi connectivity index (χ3n) is 7.56. The zero-order chi connectivity index (χ0) is 29.5. The van der Waals surface area contributed by atoms with E-state index in [4.69, 9.17) is 5.73 Å². The van der Waals surface area contributed by atoms with Gasteiger partial charge in [0.1, 0.15) is 6.04 Å². The molecular formula is C34H35N5O3. The van der Waals surface area contributed by atoms with Crippen LogP contribution in [0, 0.1) is 0 Å². The number of carbonyl (C=O) groups excluding carboxylic acids is 3. The smallest absolute Gasteiger partial charge is 0.248 e. The molecule has 1 aliphatic carbocycles. The van der Waals surface area contributed by atoms with Gasteiger partial charge in [-0.25, -0.2) is 0 Å². The third-order valence-corrected chi connectivity index (χ3v) is 7.56. The van der Waals surface area contributed by atoms with Crippen molar-refractivity contribution in [1.29, 1.82) is 0 Å². The quantitative estimate of drug-likeness (QED) is 0.180. The molecule has 1 saturated carbocycles. The lowest BCUT2D eigenvalue weighted by atomic mass is 9.94. The van der Waals surface area contributed by atoms with E-state index >= 15 is 0 Å². The maximum Gasteiger partial charge on any atom is 0.248 e. The normalized spacial score (nSPS) is 14.4. The predicted octanol–water partition coefficient (Wildman–Crippen LogP) is 6.01. The van der Waals surface area contributed by atoms with E-state index in [2.05, 4.69) is 15.6 Å². The Morgan fingerprint density at radius 2 is 1.71 bits per heavy atom. The largest absolute Gasteiger partial charge is 0.397 e. The molecule has 0 bridgehead atoms. The van der Waals surface area contributed by atoms with Gasteiger partial charge in [-0.05, 0) is 66.4 Å². The molecule has 0 saturated heterocycles. The lowest BCUT2D eigenvalue weighted by molar-refractivity contribution is -0.126. The number of pyridine rings is 1. The van der Waals surface area contributed by atoms with E-state index in [0.717, 1.165) is 42.1 Å². The minimum Gasteiger partial charge on any atom is -0.397 e. The second kappa shape index (κ2) is 13.1. The number of nitrogen functional groups attached to an aromatic ring is 1. The SMILES string of the molecule is CC(=O)N(c1ccc2ncccc2c1)C(C(=O)NC1CCCCC1)c1ccc(C=CC(=O)Nc2ccccc2N)cc1. The molecule has 0 spiro atoms. The zero-order valence-corrected chi connectivity index (χ0v) is 23.6. The van der Waals surface area contributed by atoms with Gasteiger partial charge >= 0.3 is 0 Å². The van der Waals surface area contributed by atoms with Crippen LogP contribution >= 0.6 is 0 Å². The maximum absolute atomic E-state index is 13.9. The first-order valence-electron chi connectivity index (χ1n) is 14.3. The molecule has 1 fully saturated rings. The molecule has 8 nitrogen and oxygen atoms in total. The molecule has 4 aromatic rings. The summed E-state index contributed by atoms with van der Waals surface area (Å²) in [4.78, 5) is 45.5. The summed E-state index contributed by atoms with van der Waals surface area (Å²) in [6, 6.07) is 23.0. The lowest BCUT2D eigenvalue weighted by Gasteiger charge is -2.33. The van der Waals surface area contributed by atoms with Crippen LogP contribution in [0.2, 0.25) is 0 Å². The average molecular weight is 562 g/mol. The third kappa shape index (κ3) is 6.83. The Morgan fingerprint density at radius 1 is 0.952 bits per heavy atom. The van der Waals surface area contributed by atoms with Crippen molar-refractivity contribution in [3.05, 3.63) is 102 Å². The van der Waals surface area contributed by atoms with E-state index in [9.17, 15) is 14.4 Å². The molecule has 4 N–H and O–H groups in total. The molecule has 3 amide bonds. The summed E-state index contributed by atoms with van der Waals surface area (Å²) in [7, 11) is 0. The molecule has 3 aromatic carbocycles. The number of nitrogens with zero attached hydrogens (tertiary/aromatic N) is 2. The van der Waals surface area contributed by atoms with E-state index in [1.54, 1.807) is 41.4 Å². The molecule has 42 heavy (non-hydrogen) atoms. The summed E-state index contributed by atoms with van der Waals surface area (Å²) in [5.74, 6) is -0.773. The first-order chi connectivity index (χ1) is 20.4. The van der Waals surface area contributed by atoms with Crippen LogP contribution < -0.4 is 21.3 Å². The number of anilines is 3. The summed E-state index contributed by atoms with van der Waals surface area (Å²) in [5, 5.41) is 6.87. The fourth-order valence-electron chi connectivity index (χ4n) is 5.42. The summed E-state index contributed by atoms with van der Waals surface area (Å²) < 4.78 is 0.